The fraction of sp³-hybridized carbons (Fsp3) is 0.250. The summed E-state index contributed by atoms with van der Waals surface area (Å²) < 4.78 is 0. The lowest BCUT2D eigenvalue weighted by atomic mass is 9.93. The number of unbranched alkanes of at least 4 members (excludes halogenated alkanes) is 3. The van der Waals surface area contributed by atoms with Gasteiger partial charge in [0.1, 0.15) is 0 Å². The van der Waals surface area contributed by atoms with Crippen LogP contribution in [0.15, 0.2) is 78.9 Å². The highest BCUT2D eigenvalue weighted by atomic mass is 14.9. The molecule has 0 aliphatic heterocycles. The average Bonchev–Trinajstić information content (AvgIpc) is 2.69. The Morgan fingerprint density at radius 3 is 2.00 bits per heavy atom. The SMILES string of the molecule is CCCCCC[N]c1cccc(-c2ccccc2)c1-c1ccccc1. The van der Waals surface area contributed by atoms with Crippen LogP contribution < -0.4 is 5.32 Å². The zero-order valence-electron chi connectivity index (χ0n) is 15.0. The van der Waals surface area contributed by atoms with E-state index in [1.165, 1.54) is 41.5 Å². The molecule has 0 fully saturated rings. The van der Waals surface area contributed by atoms with E-state index < -0.39 is 0 Å². The van der Waals surface area contributed by atoms with Crippen molar-refractivity contribution in [2.75, 3.05) is 6.54 Å². The van der Waals surface area contributed by atoms with Crippen LogP contribution in [0.2, 0.25) is 0 Å². The minimum Gasteiger partial charge on any atom is -0.285 e. The molecule has 127 valence electrons. The summed E-state index contributed by atoms with van der Waals surface area (Å²) in [4.78, 5) is 0. The van der Waals surface area contributed by atoms with Crippen molar-refractivity contribution in [2.24, 2.45) is 0 Å². The van der Waals surface area contributed by atoms with Crippen LogP contribution in [-0.2, 0) is 0 Å². The van der Waals surface area contributed by atoms with Crippen molar-refractivity contribution in [1.29, 1.82) is 0 Å². The van der Waals surface area contributed by atoms with E-state index in [4.69, 9.17) is 5.32 Å². The first-order valence-electron chi connectivity index (χ1n) is 9.31. The molecule has 0 aliphatic rings. The second-order valence-corrected chi connectivity index (χ2v) is 6.37. The Hall–Kier alpha value is -2.54. The molecule has 3 aromatic rings. The molecule has 0 unspecified atom stereocenters. The zero-order chi connectivity index (χ0) is 17.3. The first kappa shape index (κ1) is 17.3. The van der Waals surface area contributed by atoms with Crippen molar-refractivity contribution in [3.05, 3.63) is 78.9 Å². The third-order valence-electron chi connectivity index (χ3n) is 4.48. The highest BCUT2D eigenvalue weighted by Crippen LogP contribution is 2.37. The Morgan fingerprint density at radius 1 is 0.640 bits per heavy atom. The summed E-state index contributed by atoms with van der Waals surface area (Å²) in [5.74, 6) is 0. The Kier molecular flexibility index (Phi) is 6.28. The van der Waals surface area contributed by atoms with Crippen LogP contribution in [0.25, 0.3) is 22.3 Å². The molecule has 1 radical (unpaired) electrons. The largest absolute Gasteiger partial charge is 0.285 e. The van der Waals surface area contributed by atoms with Crippen molar-refractivity contribution in [3.8, 4) is 22.3 Å². The van der Waals surface area contributed by atoms with E-state index >= 15 is 0 Å². The minimum atomic E-state index is 0.901. The van der Waals surface area contributed by atoms with Gasteiger partial charge in [-0.05, 0) is 29.2 Å². The summed E-state index contributed by atoms with van der Waals surface area (Å²) in [6.07, 6.45) is 4.99. The maximum absolute atomic E-state index is 4.94. The predicted octanol–water partition coefficient (Wildman–Crippen LogP) is 6.84. The lowest BCUT2D eigenvalue weighted by Gasteiger charge is -2.15. The summed E-state index contributed by atoms with van der Waals surface area (Å²) >= 11 is 0. The van der Waals surface area contributed by atoms with Crippen molar-refractivity contribution in [2.45, 2.75) is 32.6 Å². The Labute approximate surface area is 151 Å². The highest BCUT2D eigenvalue weighted by molar-refractivity contribution is 5.90. The quantitative estimate of drug-likeness (QED) is 0.402. The Morgan fingerprint density at radius 2 is 1.32 bits per heavy atom. The van der Waals surface area contributed by atoms with Gasteiger partial charge < -0.3 is 0 Å². The first-order chi connectivity index (χ1) is 12.4. The molecular formula is C24H26N. The second-order valence-electron chi connectivity index (χ2n) is 6.37. The van der Waals surface area contributed by atoms with Gasteiger partial charge in [0.15, 0.2) is 0 Å². The van der Waals surface area contributed by atoms with E-state index in [1.807, 2.05) is 0 Å². The monoisotopic (exact) mass is 328 g/mol. The summed E-state index contributed by atoms with van der Waals surface area (Å²) in [5.41, 5.74) is 6.06. The normalized spacial score (nSPS) is 10.6. The molecule has 0 amide bonds. The van der Waals surface area contributed by atoms with Crippen LogP contribution in [0.1, 0.15) is 32.6 Å². The molecule has 1 heteroatoms. The van der Waals surface area contributed by atoms with Gasteiger partial charge in [0.2, 0.25) is 0 Å². The van der Waals surface area contributed by atoms with Crippen molar-refractivity contribution < 1.29 is 0 Å². The fourth-order valence-electron chi connectivity index (χ4n) is 3.18. The second kappa shape index (κ2) is 9.08. The van der Waals surface area contributed by atoms with Crippen molar-refractivity contribution in [1.82, 2.24) is 5.32 Å². The third-order valence-corrected chi connectivity index (χ3v) is 4.48. The molecule has 0 saturated heterocycles. The molecule has 0 spiro atoms. The Balaban J connectivity index is 1.95. The van der Waals surface area contributed by atoms with Crippen LogP contribution in [0.3, 0.4) is 0 Å². The predicted molar refractivity (Wildman–Crippen MR) is 108 cm³/mol. The van der Waals surface area contributed by atoms with Crippen molar-refractivity contribution in [3.63, 3.8) is 0 Å². The molecule has 1 nitrogen and oxygen atoms in total. The van der Waals surface area contributed by atoms with Crippen molar-refractivity contribution >= 4 is 5.69 Å². The maximum Gasteiger partial charge on any atom is 0.0658 e. The number of hydrogen-bond acceptors (Lipinski definition) is 0. The third kappa shape index (κ3) is 4.51. The van der Waals surface area contributed by atoms with Gasteiger partial charge in [-0.15, -0.1) is 0 Å². The van der Waals surface area contributed by atoms with Crippen LogP contribution in [-0.4, -0.2) is 6.54 Å². The topological polar surface area (TPSA) is 14.1 Å². The number of rotatable bonds is 8. The summed E-state index contributed by atoms with van der Waals surface area (Å²) in [6, 6.07) is 27.7. The molecule has 0 aliphatic carbocycles. The molecule has 3 rings (SSSR count). The molecular weight excluding hydrogens is 302 g/mol. The highest BCUT2D eigenvalue weighted by Gasteiger charge is 2.12. The fourth-order valence-corrected chi connectivity index (χ4v) is 3.18. The maximum atomic E-state index is 4.94. The van der Waals surface area contributed by atoms with Gasteiger partial charge >= 0.3 is 0 Å². The van der Waals surface area contributed by atoms with Crippen LogP contribution in [0.5, 0.6) is 0 Å². The lowest BCUT2D eigenvalue weighted by molar-refractivity contribution is 0.645. The van der Waals surface area contributed by atoms with Gasteiger partial charge in [0, 0.05) is 12.1 Å². The minimum absolute atomic E-state index is 0.901. The Bertz CT molecular complexity index is 763. The summed E-state index contributed by atoms with van der Waals surface area (Å²) in [5, 5.41) is 4.94. The average molecular weight is 328 g/mol. The van der Waals surface area contributed by atoms with E-state index in [0.29, 0.717) is 0 Å². The van der Waals surface area contributed by atoms with Gasteiger partial charge in [0.05, 0.1) is 5.69 Å². The summed E-state index contributed by atoms with van der Waals surface area (Å²) in [7, 11) is 0. The molecule has 3 aromatic carbocycles. The first-order valence-corrected chi connectivity index (χ1v) is 9.31. The smallest absolute Gasteiger partial charge is 0.0658 e. The van der Waals surface area contributed by atoms with Crippen LogP contribution >= 0.6 is 0 Å². The standard InChI is InChI=1S/C24H26N/c1-2-3-4-11-19-25-23-18-12-17-22(20-13-7-5-8-14-20)24(23)21-15-9-6-10-16-21/h5-10,12-18H,2-4,11,19H2,1H3. The van der Waals surface area contributed by atoms with Crippen LogP contribution in [0, 0.1) is 0 Å². The van der Waals surface area contributed by atoms with Gasteiger partial charge in [-0.2, -0.15) is 0 Å². The molecule has 25 heavy (non-hydrogen) atoms. The molecule has 0 aromatic heterocycles. The summed E-state index contributed by atoms with van der Waals surface area (Å²) in [6.45, 7) is 3.14. The van der Waals surface area contributed by atoms with Gasteiger partial charge in [0.25, 0.3) is 0 Å². The van der Waals surface area contributed by atoms with E-state index in [1.54, 1.807) is 0 Å². The van der Waals surface area contributed by atoms with E-state index in [2.05, 4.69) is 85.8 Å². The number of nitrogens with zero attached hydrogens (tertiary/aromatic N) is 1. The van der Waals surface area contributed by atoms with Gasteiger partial charge in [-0.1, -0.05) is 99.0 Å². The van der Waals surface area contributed by atoms with Gasteiger partial charge in [-0.3, -0.25) is 5.32 Å². The van der Waals surface area contributed by atoms with Crippen LogP contribution in [0.4, 0.5) is 5.69 Å². The molecule has 0 saturated carbocycles. The van der Waals surface area contributed by atoms with E-state index in [9.17, 15) is 0 Å². The zero-order valence-corrected chi connectivity index (χ0v) is 15.0. The number of benzene rings is 3. The molecule has 0 N–H and O–H groups in total. The van der Waals surface area contributed by atoms with E-state index in [0.717, 1.165) is 18.7 Å². The number of hydrogen-bond donors (Lipinski definition) is 0. The van der Waals surface area contributed by atoms with E-state index in [-0.39, 0.29) is 0 Å². The molecule has 0 heterocycles. The lowest BCUT2D eigenvalue weighted by Crippen LogP contribution is -2.02. The van der Waals surface area contributed by atoms with Gasteiger partial charge in [-0.25, -0.2) is 0 Å². The molecule has 0 bridgehead atoms. The molecule has 0 atom stereocenters.